The molecule has 1 nitrogen and oxygen atoms in total. The molecule has 0 aromatic carbocycles. The van der Waals surface area contributed by atoms with Gasteiger partial charge in [-0.3, -0.25) is 4.79 Å². The third-order valence-corrected chi connectivity index (χ3v) is 8.14. The molecule has 22 heavy (non-hydrogen) atoms. The van der Waals surface area contributed by atoms with E-state index in [0.29, 0.717) is 17.6 Å². The molecule has 2 heteroatoms. The maximum Gasteiger partial charge on any atom is 0.139 e. The number of thioether (sulfide) groups is 1. The van der Waals surface area contributed by atoms with Gasteiger partial charge in [0.1, 0.15) is 5.78 Å². The van der Waals surface area contributed by atoms with E-state index >= 15 is 0 Å². The standard InChI is InChI=1S/C20H34OS/c1-15-7-11-18(12-8-15)22-19-13-9-17(10-14-19)20(21)16-5-3-2-4-6-16/h15-19H,2-14H2,1H3. The molecule has 0 spiro atoms. The minimum Gasteiger partial charge on any atom is -0.299 e. The summed E-state index contributed by atoms with van der Waals surface area (Å²) in [6, 6.07) is 0. The Balaban J connectivity index is 1.39. The third-order valence-electron chi connectivity index (χ3n) is 6.43. The van der Waals surface area contributed by atoms with E-state index in [1.807, 2.05) is 0 Å². The number of rotatable bonds is 4. The maximum atomic E-state index is 12.7. The zero-order valence-corrected chi connectivity index (χ0v) is 15.2. The molecule has 0 aromatic heterocycles. The van der Waals surface area contributed by atoms with Gasteiger partial charge in [-0.1, -0.05) is 26.2 Å². The first kappa shape index (κ1) is 16.9. The Morgan fingerprint density at radius 3 is 1.77 bits per heavy atom. The van der Waals surface area contributed by atoms with Gasteiger partial charge in [-0.2, -0.15) is 11.8 Å². The van der Waals surface area contributed by atoms with Crippen molar-refractivity contribution in [1.29, 1.82) is 0 Å². The van der Waals surface area contributed by atoms with Gasteiger partial charge in [-0.15, -0.1) is 0 Å². The summed E-state index contributed by atoms with van der Waals surface area (Å²) in [6.45, 7) is 2.41. The minimum atomic E-state index is 0.423. The van der Waals surface area contributed by atoms with E-state index in [0.717, 1.165) is 16.4 Å². The van der Waals surface area contributed by atoms with Crippen molar-refractivity contribution in [2.45, 2.75) is 101 Å². The third kappa shape index (κ3) is 4.52. The molecule has 0 aliphatic heterocycles. The number of hydrogen-bond acceptors (Lipinski definition) is 2. The second kappa shape index (κ2) is 8.22. The monoisotopic (exact) mass is 322 g/mol. The average molecular weight is 323 g/mol. The van der Waals surface area contributed by atoms with Crippen LogP contribution >= 0.6 is 11.8 Å². The topological polar surface area (TPSA) is 17.1 Å². The summed E-state index contributed by atoms with van der Waals surface area (Å²) in [4.78, 5) is 12.7. The van der Waals surface area contributed by atoms with Crippen molar-refractivity contribution in [3.05, 3.63) is 0 Å². The molecule has 0 heterocycles. The van der Waals surface area contributed by atoms with Gasteiger partial charge in [-0.05, 0) is 70.1 Å². The molecule has 0 saturated heterocycles. The molecule has 0 amide bonds. The summed E-state index contributed by atoms with van der Waals surface area (Å²) in [6.07, 6.45) is 17.1. The molecule has 0 unspecified atom stereocenters. The number of Topliss-reactive ketones (excluding diaryl/α,β-unsaturated/α-hetero) is 1. The molecule has 3 aliphatic carbocycles. The van der Waals surface area contributed by atoms with Gasteiger partial charge >= 0.3 is 0 Å². The Labute approximate surface area is 141 Å². The first-order valence-corrected chi connectivity index (χ1v) is 10.9. The smallest absolute Gasteiger partial charge is 0.139 e. The molecule has 3 aliphatic rings. The lowest BCUT2D eigenvalue weighted by molar-refractivity contribution is -0.128. The summed E-state index contributed by atoms with van der Waals surface area (Å²) in [5.41, 5.74) is 0. The van der Waals surface area contributed by atoms with E-state index in [1.165, 1.54) is 83.5 Å². The van der Waals surface area contributed by atoms with Crippen LogP contribution in [0.15, 0.2) is 0 Å². The van der Waals surface area contributed by atoms with Crippen molar-refractivity contribution in [3.8, 4) is 0 Å². The summed E-state index contributed by atoms with van der Waals surface area (Å²) in [7, 11) is 0. The number of carbonyl (C=O) groups is 1. The highest BCUT2D eigenvalue weighted by atomic mass is 32.2. The van der Waals surface area contributed by atoms with Crippen molar-refractivity contribution < 1.29 is 4.79 Å². The Bertz CT molecular complexity index is 345. The van der Waals surface area contributed by atoms with Gasteiger partial charge in [-0.25, -0.2) is 0 Å². The number of hydrogen-bond donors (Lipinski definition) is 0. The highest BCUT2D eigenvalue weighted by molar-refractivity contribution is 8.00. The fourth-order valence-electron chi connectivity index (χ4n) is 4.84. The normalized spacial score (nSPS) is 37.9. The predicted molar refractivity (Wildman–Crippen MR) is 96.3 cm³/mol. The van der Waals surface area contributed by atoms with Crippen molar-refractivity contribution >= 4 is 17.5 Å². The van der Waals surface area contributed by atoms with E-state index in [1.54, 1.807) is 0 Å². The molecule has 0 bridgehead atoms. The van der Waals surface area contributed by atoms with Crippen molar-refractivity contribution in [3.63, 3.8) is 0 Å². The summed E-state index contributed by atoms with van der Waals surface area (Å²) in [5.74, 6) is 2.46. The first-order valence-electron chi connectivity index (χ1n) is 9.91. The van der Waals surface area contributed by atoms with Gasteiger partial charge in [0.25, 0.3) is 0 Å². The largest absolute Gasteiger partial charge is 0.299 e. The molecular formula is C20H34OS. The Morgan fingerprint density at radius 2 is 1.18 bits per heavy atom. The summed E-state index contributed by atoms with van der Waals surface area (Å²) in [5, 5.41) is 1.78. The van der Waals surface area contributed by atoms with Crippen molar-refractivity contribution in [2.24, 2.45) is 17.8 Å². The van der Waals surface area contributed by atoms with Crippen LogP contribution < -0.4 is 0 Å². The first-order chi connectivity index (χ1) is 10.7. The van der Waals surface area contributed by atoms with Crippen LogP contribution in [0.5, 0.6) is 0 Å². The van der Waals surface area contributed by atoms with E-state index in [-0.39, 0.29) is 0 Å². The SMILES string of the molecule is CC1CCC(SC2CCC(C(=O)C3CCCCC3)CC2)CC1. The van der Waals surface area contributed by atoms with Gasteiger partial charge < -0.3 is 0 Å². The van der Waals surface area contributed by atoms with Crippen LogP contribution in [0.3, 0.4) is 0 Å². The van der Waals surface area contributed by atoms with Crippen molar-refractivity contribution in [1.82, 2.24) is 0 Å². The van der Waals surface area contributed by atoms with Gasteiger partial charge in [0, 0.05) is 22.3 Å². The maximum absolute atomic E-state index is 12.7. The molecule has 0 aromatic rings. The molecule has 3 fully saturated rings. The van der Waals surface area contributed by atoms with Gasteiger partial charge in [0.05, 0.1) is 0 Å². The predicted octanol–water partition coefficient (Wildman–Crippen LogP) is 6.01. The zero-order chi connectivity index (χ0) is 15.4. The molecule has 0 radical (unpaired) electrons. The fraction of sp³-hybridized carbons (Fsp3) is 0.950. The van der Waals surface area contributed by atoms with Crippen LogP contribution in [0.1, 0.15) is 90.4 Å². The van der Waals surface area contributed by atoms with Gasteiger partial charge in [0.15, 0.2) is 0 Å². The molecule has 3 saturated carbocycles. The second-order valence-corrected chi connectivity index (χ2v) is 9.83. The van der Waals surface area contributed by atoms with E-state index in [4.69, 9.17) is 0 Å². The van der Waals surface area contributed by atoms with Crippen LogP contribution in [0, 0.1) is 17.8 Å². The molecular weight excluding hydrogens is 288 g/mol. The van der Waals surface area contributed by atoms with Crippen LogP contribution in [0.2, 0.25) is 0 Å². The molecule has 126 valence electrons. The minimum absolute atomic E-state index is 0.423. The zero-order valence-electron chi connectivity index (χ0n) is 14.4. The quantitative estimate of drug-likeness (QED) is 0.631. The van der Waals surface area contributed by atoms with Crippen LogP contribution in [-0.2, 0) is 4.79 Å². The highest BCUT2D eigenvalue weighted by Gasteiger charge is 2.32. The van der Waals surface area contributed by atoms with E-state index < -0.39 is 0 Å². The summed E-state index contributed by atoms with van der Waals surface area (Å²) >= 11 is 2.28. The molecule has 0 N–H and O–H groups in total. The van der Waals surface area contributed by atoms with Crippen LogP contribution in [0.4, 0.5) is 0 Å². The van der Waals surface area contributed by atoms with Crippen molar-refractivity contribution in [2.75, 3.05) is 0 Å². The van der Waals surface area contributed by atoms with E-state index in [2.05, 4.69) is 18.7 Å². The molecule has 0 atom stereocenters. The summed E-state index contributed by atoms with van der Waals surface area (Å²) < 4.78 is 0. The van der Waals surface area contributed by atoms with Gasteiger partial charge in [0.2, 0.25) is 0 Å². The van der Waals surface area contributed by atoms with E-state index in [9.17, 15) is 4.79 Å². The fourth-order valence-corrected chi connectivity index (χ4v) is 6.47. The number of carbonyl (C=O) groups excluding carboxylic acids is 1. The van der Waals surface area contributed by atoms with Crippen LogP contribution in [0.25, 0.3) is 0 Å². The number of ketones is 1. The highest BCUT2D eigenvalue weighted by Crippen LogP contribution is 2.41. The lowest BCUT2D eigenvalue weighted by Crippen LogP contribution is -2.30. The average Bonchev–Trinajstić information content (AvgIpc) is 2.58. The second-order valence-electron chi connectivity index (χ2n) is 8.23. The Kier molecular flexibility index (Phi) is 6.30. The molecule has 3 rings (SSSR count). The lowest BCUT2D eigenvalue weighted by atomic mass is 9.76. The lowest BCUT2D eigenvalue weighted by Gasteiger charge is -2.34. The van der Waals surface area contributed by atoms with Crippen LogP contribution in [-0.4, -0.2) is 16.3 Å². The Hall–Kier alpha value is 0.0200. The Morgan fingerprint density at radius 1 is 0.682 bits per heavy atom.